The minimum atomic E-state index is 0.291. The Labute approximate surface area is 86.0 Å². The molecule has 2 unspecified atom stereocenters. The summed E-state index contributed by atoms with van der Waals surface area (Å²) >= 11 is 0. The molecular weight excluding hydrogens is 174 g/mol. The molecule has 2 heteroatoms. The third kappa shape index (κ3) is 2.24. The molecular formula is C12H19NO. The van der Waals surface area contributed by atoms with Crippen molar-refractivity contribution in [3.63, 3.8) is 0 Å². The second-order valence-corrected chi connectivity index (χ2v) is 4.46. The molecule has 2 atom stereocenters. The highest BCUT2D eigenvalue weighted by Gasteiger charge is 2.24. The van der Waals surface area contributed by atoms with E-state index in [0.29, 0.717) is 12.0 Å². The fourth-order valence-electron chi connectivity index (χ4n) is 2.55. The normalized spacial score (nSPS) is 34.3. The van der Waals surface area contributed by atoms with Gasteiger partial charge in [0.2, 0.25) is 0 Å². The van der Waals surface area contributed by atoms with Crippen LogP contribution in [0.1, 0.15) is 32.1 Å². The van der Waals surface area contributed by atoms with Crippen LogP contribution in [0.15, 0.2) is 12.2 Å². The van der Waals surface area contributed by atoms with E-state index in [4.69, 9.17) is 0 Å². The first-order valence-corrected chi connectivity index (χ1v) is 5.76. The van der Waals surface area contributed by atoms with Crippen LogP contribution in [0.3, 0.4) is 0 Å². The van der Waals surface area contributed by atoms with Gasteiger partial charge in [0.05, 0.1) is 0 Å². The molecule has 0 aromatic heterocycles. The van der Waals surface area contributed by atoms with E-state index in [1.807, 2.05) is 0 Å². The van der Waals surface area contributed by atoms with Crippen LogP contribution in [-0.4, -0.2) is 30.3 Å². The highest BCUT2D eigenvalue weighted by Crippen LogP contribution is 2.22. The quantitative estimate of drug-likeness (QED) is 0.494. The summed E-state index contributed by atoms with van der Waals surface area (Å²) in [4.78, 5) is 13.2. The zero-order chi connectivity index (χ0) is 9.80. The molecule has 1 fully saturated rings. The van der Waals surface area contributed by atoms with Crippen molar-refractivity contribution in [1.29, 1.82) is 0 Å². The molecule has 2 aliphatic rings. The van der Waals surface area contributed by atoms with Crippen LogP contribution in [-0.2, 0) is 4.79 Å². The van der Waals surface area contributed by atoms with E-state index in [2.05, 4.69) is 17.1 Å². The fraction of sp³-hybridized carbons (Fsp3) is 0.750. The number of likely N-dealkylation sites (tertiary alicyclic amines) is 1. The number of carbonyl (C=O) groups is 1. The predicted octanol–water partition coefficient (Wildman–Crippen LogP) is 2.01. The van der Waals surface area contributed by atoms with Gasteiger partial charge in [-0.15, -0.1) is 0 Å². The summed E-state index contributed by atoms with van der Waals surface area (Å²) in [5.74, 6) is 0.291. The summed E-state index contributed by atoms with van der Waals surface area (Å²) in [5, 5.41) is 0. The highest BCUT2D eigenvalue weighted by molar-refractivity contribution is 5.54. The molecule has 0 bridgehead atoms. The van der Waals surface area contributed by atoms with Crippen molar-refractivity contribution < 1.29 is 4.79 Å². The van der Waals surface area contributed by atoms with Crippen molar-refractivity contribution in [2.75, 3.05) is 13.1 Å². The summed E-state index contributed by atoms with van der Waals surface area (Å²) in [7, 11) is 0. The van der Waals surface area contributed by atoms with Gasteiger partial charge in [-0.25, -0.2) is 0 Å². The van der Waals surface area contributed by atoms with E-state index >= 15 is 0 Å². The first kappa shape index (κ1) is 9.91. The third-order valence-corrected chi connectivity index (χ3v) is 3.38. The zero-order valence-electron chi connectivity index (χ0n) is 8.69. The lowest BCUT2D eigenvalue weighted by molar-refractivity contribution is -0.112. The van der Waals surface area contributed by atoms with Crippen LogP contribution in [0.4, 0.5) is 0 Å². The van der Waals surface area contributed by atoms with Gasteiger partial charge in [-0.3, -0.25) is 4.90 Å². The van der Waals surface area contributed by atoms with E-state index in [0.717, 1.165) is 19.3 Å². The summed E-state index contributed by atoms with van der Waals surface area (Å²) in [6.45, 7) is 2.16. The third-order valence-electron chi connectivity index (χ3n) is 3.38. The van der Waals surface area contributed by atoms with E-state index < -0.39 is 0 Å². The number of allylic oxidation sites excluding steroid dienone is 1. The average Bonchev–Trinajstić information content (AvgIpc) is 2.30. The molecule has 14 heavy (non-hydrogen) atoms. The van der Waals surface area contributed by atoms with Crippen molar-refractivity contribution in [2.45, 2.75) is 38.1 Å². The number of aldehydes is 1. The SMILES string of the molecule is O=CC1CCCN(C2C=CCCC2)C1. The Hall–Kier alpha value is -0.630. The number of piperidine rings is 1. The van der Waals surface area contributed by atoms with Crippen molar-refractivity contribution in [2.24, 2.45) is 5.92 Å². The first-order valence-electron chi connectivity index (χ1n) is 5.76. The number of rotatable bonds is 2. The van der Waals surface area contributed by atoms with Crippen LogP contribution in [0, 0.1) is 5.92 Å². The van der Waals surface area contributed by atoms with Gasteiger partial charge in [-0.1, -0.05) is 12.2 Å². The van der Waals surface area contributed by atoms with Gasteiger partial charge in [0.1, 0.15) is 6.29 Å². The van der Waals surface area contributed by atoms with Crippen LogP contribution in [0.5, 0.6) is 0 Å². The maximum atomic E-state index is 10.7. The zero-order valence-corrected chi connectivity index (χ0v) is 8.69. The van der Waals surface area contributed by atoms with Gasteiger partial charge in [0.25, 0.3) is 0 Å². The molecule has 1 aliphatic carbocycles. The standard InChI is InChI=1S/C12H19NO/c14-10-11-5-4-8-13(9-11)12-6-2-1-3-7-12/h2,6,10-12H,1,3-5,7-9H2. The summed E-state index contributed by atoms with van der Waals surface area (Å²) in [6, 6.07) is 0.617. The molecule has 0 radical (unpaired) electrons. The maximum Gasteiger partial charge on any atom is 0.124 e. The number of carbonyl (C=O) groups excluding carboxylic acids is 1. The lowest BCUT2D eigenvalue weighted by Crippen LogP contribution is -2.42. The topological polar surface area (TPSA) is 20.3 Å². The smallest absolute Gasteiger partial charge is 0.124 e. The summed E-state index contributed by atoms with van der Waals surface area (Å²) < 4.78 is 0. The van der Waals surface area contributed by atoms with E-state index in [9.17, 15) is 4.79 Å². The van der Waals surface area contributed by atoms with Gasteiger partial charge >= 0.3 is 0 Å². The van der Waals surface area contributed by atoms with Gasteiger partial charge in [0, 0.05) is 18.5 Å². The summed E-state index contributed by atoms with van der Waals surface area (Å²) in [5.41, 5.74) is 0. The fourth-order valence-corrected chi connectivity index (χ4v) is 2.55. The number of nitrogens with zero attached hydrogens (tertiary/aromatic N) is 1. The Kier molecular flexibility index (Phi) is 3.35. The lowest BCUT2D eigenvalue weighted by atomic mass is 9.94. The van der Waals surface area contributed by atoms with Crippen LogP contribution < -0.4 is 0 Å². The Balaban J connectivity index is 1.92. The minimum Gasteiger partial charge on any atom is -0.303 e. The molecule has 1 saturated heterocycles. The maximum absolute atomic E-state index is 10.7. The van der Waals surface area contributed by atoms with Crippen molar-refractivity contribution >= 4 is 6.29 Å². The van der Waals surface area contributed by atoms with Crippen molar-refractivity contribution in [3.05, 3.63) is 12.2 Å². The van der Waals surface area contributed by atoms with E-state index in [-0.39, 0.29) is 0 Å². The minimum absolute atomic E-state index is 0.291. The molecule has 0 amide bonds. The second-order valence-electron chi connectivity index (χ2n) is 4.46. The van der Waals surface area contributed by atoms with E-state index in [1.54, 1.807) is 0 Å². The molecule has 78 valence electrons. The highest BCUT2D eigenvalue weighted by atomic mass is 16.1. The first-order chi connectivity index (χ1) is 6.90. The Morgan fingerprint density at radius 1 is 1.29 bits per heavy atom. The molecule has 0 N–H and O–H groups in total. The van der Waals surface area contributed by atoms with Crippen molar-refractivity contribution in [3.8, 4) is 0 Å². The second kappa shape index (κ2) is 4.74. The number of hydrogen-bond donors (Lipinski definition) is 0. The molecule has 0 aromatic carbocycles. The van der Waals surface area contributed by atoms with E-state index in [1.165, 1.54) is 32.2 Å². The Bertz CT molecular complexity index is 224. The molecule has 0 aromatic rings. The van der Waals surface area contributed by atoms with Crippen LogP contribution >= 0.6 is 0 Å². The monoisotopic (exact) mass is 193 g/mol. The average molecular weight is 193 g/mol. The van der Waals surface area contributed by atoms with Crippen molar-refractivity contribution in [1.82, 2.24) is 4.90 Å². The molecule has 0 spiro atoms. The summed E-state index contributed by atoms with van der Waals surface area (Å²) in [6.07, 6.45) is 11.9. The van der Waals surface area contributed by atoms with Gasteiger partial charge < -0.3 is 4.79 Å². The van der Waals surface area contributed by atoms with Gasteiger partial charge in [-0.05, 0) is 38.6 Å². The Morgan fingerprint density at radius 3 is 2.93 bits per heavy atom. The molecule has 0 saturated carbocycles. The largest absolute Gasteiger partial charge is 0.303 e. The molecule has 1 aliphatic heterocycles. The predicted molar refractivity (Wildman–Crippen MR) is 57.1 cm³/mol. The van der Waals surface area contributed by atoms with Crippen LogP contribution in [0.25, 0.3) is 0 Å². The lowest BCUT2D eigenvalue weighted by Gasteiger charge is -2.36. The van der Waals surface area contributed by atoms with Gasteiger partial charge in [0.15, 0.2) is 0 Å². The number of hydrogen-bond acceptors (Lipinski definition) is 2. The van der Waals surface area contributed by atoms with Crippen LogP contribution in [0.2, 0.25) is 0 Å². The Morgan fingerprint density at radius 2 is 2.21 bits per heavy atom. The molecule has 2 nitrogen and oxygen atoms in total. The van der Waals surface area contributed by atoms with Gasteiger partial charge in [-0.2, -0.15) is 0 Å². The molecule has 2 rings (SSSR count). The molecule has 1 heterocycles.